The molecule has 0 saturated heterocycles. The van der Waals surface area contributed by atoms with E-state index in [2.05, 4.69) is 0 Å². The molecule has 0 atom stereocenters. The quantitative estimate of drug-likeness (QED) is 0.525. The van der Waals surface area contributed by atoms with Crippen molar-refractivity contribution in [2.45, 2.75) is 10.8 Å². The molecule has 4 heteroatoms. The van der Waals surface area contributed by atoms with E-state index < -0.39 is 4.33 Å². The Hall–Kier alpha value is -0.660. The average Bonchev–Trinajstić information content (AvgIpc) is 2.40. The molecule has 0 N–H and O–H groups in total. The number of halogens is 4. The lowest BCUT2D eigenvalue weighted by Crippen LogP contribution is -2.17. The Bertz CT molecular complexity index is 684. The lowest BCUT2D eigenvalue weighted by Gasteiger charge is -2.24. The molecule has 0 aromatic heterocycles. The normalized spacial score (nSPS) is 16.0. The summed E-state index contributed by atoms with van der Waals surface area (Å²) in [6.45, 7) is 0. The molecular formula is C16H10Cl4. The summed E-state index contributed by atoms with van der Waals surface area (Å²) in [5, 5.41) is 1.40. The van der Waals surface area contributed by atoms with Crippen molar-refractivity contribution in [2.75, 3.05) is 0 Å². The van der Waals surface area contributed by atoms with Gasteiger partial charge in [0.05, 0.1) is 0 Å². The molecule has 2 aromatic rings. The highest BCUT2D eigenvalue weighted by Gasteiger charge is 2.27. The number of benzene rings is 2. The van der Waals surface area contributed by atoms with Crippen molar-refractivity contribution in [1.82, 2.24) is 0 Å². The Morgan fingerprint density at radius 3 is 2.30 bits per heavy atom. The van der Waals surface area contributed by atoms with Crippen LogP contribution < -0.4 is 0 Å². The molecule has 0 spiro atoms. The number of allylic oxidation sites excluding steroid dienone is 1. The fourth-order valence-electron chi connectivity index (χ4n) is 2.41. The molecule has 2 aromatic carbocycles. The number of rotatable bonds is 1. The van der Waals surface area contributed by atoms with Crippen molar-refractivity contribution >= 4 is 52.5 Å². The summed E-state index contributed by atoms with van der Waals surface area (Å²) in [6, 6.07) is 11.5. The van der Waals surface area contributed by atoms with Crippen LogP contribution in [0.25, 0.3) is 17.2 Å². The average molecular weight is 344 g/mol. The lowest BCUT2D eigenvalue weighted by atomic mass is 9.89. The monoisotopic (exact) mass is 342 g/mol. The van der Waals surface area contributed by atoms with Crippen LogP contribution in [-0.2, 0) is 6.42 Å². The lowest BCUT2D eigenvalue weighted by molar-refractivity contribution is 0.922. The molecule has 0 nitrogen and oxygen atoms in total. The molecule has 0 saturated carbocycles. The molecule has 0 radical (unpaired) electrons. The smallest absolute Gasteiger partial charge is 0.0966 e. The molecule has 0 amide bonds. The fraction of sp³-hybridized carbons (Fsp3) is 0.125. The highest BCUT2D eigenvalue weighted by atomic mass is 35.5. The predicted molar refractivity (Wildman–Crippen MR) is 89.1 cm³/mol. The third-order valence-electron chi connectivity index (χ3n) is 3.34. The molecule has 102 valence electrons. The van der Waals surface area contributed by atoms with Crippen LogP contribution >= 0.6 is 46.4 Å². The Kier molecular flexibility index (Phi) is 3.77. The van der Waals surface area contributed by atoms with Crippen LogP contribution in [0.15, 0.2) is 42.5 Å². The van der Waals surface area contributed by atoms with E-state index >= 15 is 0 Å². The topological polar surface area (TPSA) is 0 Å². The largest absolute Gasteiger partial charge is 0.140 e. The van der Waals surface area contributed by atoms with Gasteiger partial charge in [0.15, 0.2) is 0 Å². The van der Waals surface area contributed by atoms with Gasteiger partial charge in [-0.05, 0) is 41.0 Å². The summed E-state index contributed by atoms with van der Waals surface area (Å²) < 4.78 is -0.849. The van der Waals surface area contributed by atoms with Crippen LogP contribution in [0.5, 0.6) is 0 Å². The summed E-state index contributed by atoms with van der Waals surface area (Å²) >= 11 is 24.7. The standard InChI is InChI=1S/C16H10Cl4/c17-12-4-1-10(2-5-12)15-13-7-8-16(19,20)9-11(13)3-6-14(15)18/h1-8H,9H2. The number of alkyl halides is 2. The maximum atomic E-state index is 6.37. The maximum absolute atomic E-state index is 6.37. The van der Waals surface area contributed by atoms with Gasteiger partial charge in [-0.2, -0.15) is 0 Å². The van der Waals surface area contributed by atoms with Crippen LogP contribution in [0, 0.1) is 0 Å². The fourth-order valence-corrected chi connectivity index (χ4v) is 3.22. The van der Waals surface area contributed by atoms with Gasteiger partial charge in [-0.25, -0.2) is 0 Å². The SMILES string of the molecule is Clc1ccc(-c2c(Cl)ccc3c2C=CC(Cl)(Cl)C3)cc1. The molecule has 1 aliphatic carbocycles. The van der Waals surface area contributed by atoms with Crippen LogP contribution in [-0.4, -0.2) is 4.33 Å². The van der Waals surface area contributed by atoms with E-state index in [-0.39, 0.29) is 0 Å². The summed E-state index contributed by atoms with van der Waals surface area (Å²) in [6.07, 6.45) is 4.31. The van der Waals surface area contributed by atoms with Crippen LogP contribution in [0.3, 0.4) is 0 Å². The first-order chi connectivity index (χ1) is 9.46. The van der Waals surface area contributed by atoms with Gasteiger partial charge in [0.1, 0.15) is 4.33 Å². The molecule has 3 rings (SSSR count). The predicted octanol–water partition coefficient (Wildman–Crippen LogP) is 6.40. The van der Waals surface area contributed by atoms with Crippen LogP contribution in [0.1, 0.15) is 11.1 Å². The van der Waals surface area contributed by atoms with Crippen molar-refractivity contribution < 1.29 is 0 Å². The zero-order chi connectivity index (χ0) is 14.3. The van der Waals surface area contributed by atoms with Crippen molar-refractivity contribution in [3.8, 4) is 11.1 Å². The van der Waals surface area contributed by atoms with Crippen molar-refractivity contribution in [2.24, 2.45) is 0 Å². The van der Waals surface area contributed by atoms with E-state index in [1.165, 1.54) is 0 Å². The van der Waals surface area contributed by atoms with E-state index in [1.54, 1.807) is 6.08 Å². The second-order valence-electron chi connectivity index (χ2n) is 4.77. The van der Waals surface area contributed by atoms with Crippen LogP contribution in [0.4, 0.5) is 0 Å². The zero-order valence-electron chi connectivity index (χ0n) is 10.3. The van der Waals surface area contributed by atoms with Gasteiger partial charge < -0.3 is 0 Å². The Morgan fingerprint density at radius 2 is 1.60 bits per heavy atom. The van der Waals surface area contributed by atoms with Gasteiger partial charge in [-0.3, -0.25) is 0 Å². The first-order valence-electron chi connectivity index (χ1n) is 6.11. The molecular weight excluding hydrogens is 334 g/mol. The van der Waals surface area contributed by atoms with Gasteiger partial charge in [0.2, 0.25) is 0 Å². The number of hydrogen-bond donors (Lipinski definition) is 0. The third kappa shape index (κ3) is 2.71. The number of hydrogen-bond acceptors (Lipinski definition) is 0. The Morgan fingerprint density at radius 1 is 0.900 bits per heavy atom. The van der Waals surface area contributed by atoms with E-state index in [0.29, 0.717) is 16.5 Å². The van der Waals surface area contributed by atoms with E-state index in [1.807, 2.05) is 42.5 Å². The molecule has 1 aliphatic rings. The van der Waals surface area contributed by atoms with Gasteiger partial charge in [0.25, 0.3) is 0 Å². The Labute approximate surface area is 137 Å². The molecule has 0 unspecified atom stereocenters. The summed E-state index contributed by atoms with van der Waals surface area (Å²) in [4.78, 5) is 0. The second kappa shape index (κ2) is 5.27. The zero-order valence-corrected chi connectivity index (χ0v) is 13.4. The maximum Gasteiger partial charge on any atom is 0.140 e. The highest BCUT2D eigenvalue weighted by Crippen LogP contribution is 2.41. The van der Waals surface area contributed by atoms with E-state index in [4.69, 9.17) is 46.4 Å². The van der Waals surface area contributed by atoms with E-state index in [0.717, 1.165) is 22.3 Å². The van der Waals surface area contributed by atoms with Gasteiger partial charge in [-0.1, -0.05) is 70.7 Å². The molecule has 0 heterocycles. The van der Waals surface area contributed by atoms with Gasteiger partial charge in [0, 0.05) is 22.0 Å². The van der Waals surface area contributed by atoms with Crippen molar-refractivity contribution in [1.29, 1.82) is 0 Å². The van der Waals surface area contributed by atoms with E-state index in [9.17, 15) is 0 Å². The first-order valence-corrected chi connectivity index (χ1v) is 7.62. The minimum Gasteiger partial charge on any atom is -0.0966 e. The van der Waals surface area contributed by atoms with Crippen molar-refractivity contribution in [3.05, 3.63) is 63.6 Å². The minimum atomic E-state index is -0.849. The highest BCUT2D eigenvalue weighted by molar-refractivity contribution is 6.50. The third-order valence-corrected chi connectivity index (χ3v) is 4.42. The number of fused-ring (bicyclic) bond motifs is 1. The van der Waals surface area contributed by atoms with Crippen LogP contribution in [0.2, 0.25) is 10.0 Å². The molecule has 0 bridgehead atoms. The molecule has 0 aliphatic heterocycles. The van der Waals surface area contributed by atoms with Crippen molar-refractivity contribution in [3.63, 3.8) is 0 Å². The molecule has 0 fully saturated rings. The second-order valence-corrected chi connectivity index (χ2v) is 7.16. The van der Waals surface area contributed by atoms with Gasteiger partial charge >= 0.3 is 0 Å². The summed E-state index contributed by atoms with van der Waals surface area (Å²) in [5.74, 6) is 0. The Balaban J connectivity index is 2.19. The van der Waals surface area contributed by atoms with Gasteiger partial charge in [-0.15, -0.1) is 0 Å². The first kappa shape index (κ1) is 14.3. The minimum absolute atomic E-state index is 0.569. The molecule has 20 heavy (non-hydrogen) atoms. The summed E-state index contributed by atoms with van der Waals surface area (Å²) in [5.41, 5.74) is 4.17. The summed E-state index contributed by atoms with van der Waals surface area (Å²) in [7, 11) is 0.